The molecule has 0 saturated carbocycles. The van der Waals surface area contributed by atoms with Gasteiger partial charge in [-0.25, -0.2) is 0 Å². The van der Waals surface area contributed by atoms with Crippen molar-refractivity contribution in [1.29, 1.82) is 0 Å². The van der Waals surface area contributed by atoms with E-state index >= 15 is 0 Å². The highest BCUT2D eigenvalue weighted by molar-refractivity contribution is 7.99. The molecule has 0 spiro atoms. The van der Waals surface area contributed by atoms with Crippen molar-refractivity contribution in [3.63, 3.8) is 0 Å². The Labute approximate surface area is 204 Å². The highest BCUT2D eigenvalue weighted by Crippen LogP contribution is 2.31. The van der Waals surface area contributed by atoms with Crippen molar-refractivity contribution in [1.82, 2.24) is 4.90 Å². The molecule has 182 valence electrons. The lowest BCUT2D eigenvalue weighted by Crippen LogP contribution is -2.40. The largest absolute Gasteiger partial charge is 0.369 e. The number of primary amides is 1. The van der Waals surface area contributed by atoms with Crippen molar-refractivity contribution in [2.45, 2.75) is 44.6 Å². The number of anilines is 1. The van der Waals surface area contributed by atoms with Gasteiger partial charge >= 0.3 is 0 Å². The van der Waals surface area contributed by atoms with E-state index in [1.807, 2.05) is 24.3 Å². The zero-order valence-corrected chi connectivity index (χ0v) is 20.5. The smallest absolute Gasteiger partial charge is 0.283 e. The molecule has 0 aromatic heterocycles. The van der Waals surface area contributed by atoms with Crippen molar-refractivity contribution in [2.75, 3.05) is 24.2 Å². The van der Waals surface area contributed by atoms with Crippen molar-refractivity contribution < 1.29 is 14.5 Å². The quantitative estimate of drug-likeness (QED) is 0.287. The minimum absolute atomic E-state index is 0.0486. The average molecular weight is 485 g/mol. The van der Waals surface area contributed by atoms with E-state index in [1.54, 1.807) is 12.1 Å². The van der Waals surface area contributed by atoms with Gasteiger partial charge in [-0.1, -0.05) is 26.0 Å². The fourth-order valence-corrected chi connectivity index (χ4v) is 5.17. The topological polar surface area (TPSA) is 119 Å². The summed E-state index contributed by atoms with van der Waals surface area (Å²) in [6.07, 6.45) is 2.75. The first kappa shape index (κ1) is 25.7. The van der Waals surface area contributed by atoms with Crippen LogP contribution >= 0.6 is 11.8 Å². The molecule has 2 aromatic carbocycles. The Morgan fingerprint density at radius 1 is 1.24 bits per heavy atom. The number of benzene rings is 2. The van der Waals surface area contributed by atoms with Crippen molar-refractivity contribution >= 4 is 35.0 Å². The Kier molecular flexibility index (Phi) is 9.06. The molecule has 1 unspecified atom stereocenters. The molecule has 0 radical (unpaired) electrons. The number of nitrogens with zero attached hydrogens (tertiary/aromatic N) is 2. The molecule has 1 aliphatic heterocycles. The molecular weight excluding hydrogens is 452 g/mol. The van der Waals surface area contributed by atoms with Crippen molar-refractivity contribution in [3.8, 4) is 0 Å². The Morgan fingerprint density at radius 2 is 1.97 bits per heavy atom. The lowest BCUT2D eigenvalue weighted by atomic mass is 9.97. The van der Waals surface area contributed by atoms with Gasteiger partial charge in [-0.05, 0) is 67.3 Å². The number of piperidine rings is 1. The summed E-state index contributed by atoms with van der Waals surface area (Å²) in [6.45, 7) is 6.52. The number of carbonyl (C=O) groups is 2. The van der Waals surface area contributed by atoms with Gasteiger partial charge in [0, 0.05) is 30.4 Å². The number of nitro groups is 1. The van der Waals surface area contributed by atoms with Crippen molar-refractivity contribution in [2.24, 2.45) is 17.6 Å². The Balaban J connectivity index is 1.61. The van der Waals surface area contributed by atoms with E-state index in [2.05, 4.69) is 24.1 Å². The van der Waals surface area contributed by atoms with Gasteiger partial charge in [0.05, 0.1) is 15.7 Å². The van der Waals surface area contributed by atoms with Crippen molar-refractivity contribution in [3.05, 3.63) is 63.7 Å². The molecule has 8 nitrogen and oxygen atoms in total. The Hall–Kier alpha value is -2.91. The monoisotopic (exact) mass is 484 g/mol. The summed E-state index contributed by atoms with van der Waals surface area (Å²) in [7, 11) is 0. The van der Waals surface area contributed by atoms with E-state index in [4.69, 9.17) is 5.73 Å². The first-order valence-corrected chi connectivity index (χ1v) is 12.5. The van der Waals surface area contributed by atoms with E-state index < -0.39 is 10.8 Å². The molecule has 1 saturated heterocycles. The maximum Gasteiger partial charge on any atom is 0.283 e. The van der Waals surface area contributed by atoms with E-state index in [-0.39, 0.29) is 23.1 Å². The van der Waals surface area contributed by atoms with E-state index in [0.29, 0.717) is 29.6 Å². The van der Waals surface area contributed by atoms with Gasteiger partial charge in [0.2, 0.25) is 5.91 Å². The molecule has 1 atom stereocenters. The van der Waals surface area contributed by atoms with Gasteiger partial charge in [0.15, 0.2) is 0 Å². The number of hydrogen-bond donors (Lipinski definition) is 2. The summed E-state index contributed by atoms with van der Waals surface area (Å²) in [5, 5.41) is 14.4. The van der Waals surface area contributed by atoms with Crippen LogP contribution in [0.15, 0.2) is 47.4 Å². The number of nitro benzene ring substituents is 1. The van der Waals surface area contributed by atoms with Gasteiger partial charge in [-0.15, -0.1) is 11.8 Å². The molecule has 3 rings (SSSR count). The molecule has 1 aliphatic rings. The summed E-state index contributed by atoms with van der Waals surface area (Å²) >= 11 is 1.44. The number of nitrogens with two attached hydrogens (primary N) is 1. The molecule has 1 heterocycles. The van der Waals surface area contributed by atoms with Gasteiger partial charge < -0.3 is 11.1 Å². The summed E-state index contributed by atoms with van der Waals surface area (Å²) in [5.41, 5.74) is 7.34. The maximum absolute atomic E-state index is 12.7. The van der Waals surface area contributed by atoms with E-state index in [0.717, 1.165) is 37.1 Å². The van der Waals surface area contributed by atoms with Gasteiger partial charge in [0.1, 0.15) is 0 Å². The first-order valence-electron chi connectivity index (χ1n) is 11.6. The SMILES string of the molecule is CC(C)CCSc1ccc(C(=O)Nc2ccc(CN3CCCC(C(N)=O)C3)cc2)cc1[N+](=O)[O-]. The number of thioether (sulfide) groups is 1. The van der Waals surface area contributed by atoms with Gasteiger partial charge in [0.25, 0.3) is 11.6 Å². The minimum atomic E-state index is -0.438. The average Bonchev–Trinajstić information content (AvgIpc) is 2.80. The third-order valence-electron chi connectivity index (χ3n) is 5.90. The van der Waals surface area contributed by atoms with Crippen LogP contribution in [0.25, 0.3) is 0 Å². The number of hydrogen-bond acceptors (Lipinski definition) is 6. The molecule has 3 N–H and O–H groups in total. The molecular formula is C25H32N4O4S. The summed E-state index contributed by atoms with van der Waals surface area (Å²) in [6, 6.07) is 12.1. The van der Waals surface area contributed by atoms with Crippen LogP contribution in [0.1, 0.15) is 49.0 Å². The van der Waals surface area contributed by atoms with Crippen LogP contribution in [0.2, 0.25) is 0 Å². The van der Waals surface area contributed by atoms with E-state index in [9.17, 15) is 19.7 Å². The number of amides is 2. The Morgan fingerprint density at radius 3 is 2.62 bits per heavy atom. The standard InChI is InChI=1S/C25H32N4O4S/c1-17(2)11-13-34-23-10-7-19(14-22(23)29(32)33)25(31)27-21-8-5-18(6-9-21)15-28-12-3-4-20(16-28)24(26)30/h5-10,14,17,20H,3-4,11-13,15-16H2,1-2H3,(H2,26,30)(H,27,31). The fourth-order valence-electron chi connectivity index (χ4n) is 3.91. The summed E-state index contributed by atoms with van der Waals surface area (Å²) in [4.78, 5) is 38.1. The van der Waals surface area contributed by atoms with Gasteiger partial charge in [-0.2, -0.15) is 0 Å². The second-order valence-corrected chi connectivity index (χ2v) is 10.2. The molecule has 2 amide bonds. The number of rotatable bonds is 10. The third kappa shape index (κ3) is 7.30. The minimum Gasteiger partial charge on any atom is -0.369 e. The number of carbonyl (C=O) groups excluding carboxylic acids is 2. The molecule has 0 bridgehead atoms. The molecule has 2 aromatic rings. The van der Waals surface area contributed by atoms with Crippen LogP contribution in [0.3, 0.4) is 0 Å². The van der Waals surface area contributed by atoms with Crippen LogP contribution in [0.4, 0.5) is 11.4 Å². The summed E-state index contributed by atoms with van der Waals surface area (Å²) in [5.74, 6) is 0.572. The second-order valence-electron chi connectivity index (χ2n) is 9.10. The normalized spacial score (nSPS) is 16.4. The van der Waals surface area contributed by atoms with Crippen LogP contribution in [0.5, 0.6) is 0 Å². The first-order chi connectivity index (χ1) is 16.2. The fraction of sp³-hybridized carbons (Fsp3) is 0.440. The maximum atomic E-state index is 12.7. The lowest BCUT2D eigenvalue weighted by molar-refractivity contribution is -0.387. The van der Waals surface area contributed by atoms with E-state index in [1.165, 1.54) is 17.8 Å². The van der Waals surface area contributed by atoms with Gasteiger partial charge in [-0.3, -0.25) is 24.6 Å². The third-order valence-corrected chi connectivity index (χ3v) is 6.99. The zero-order chi connectivity index (χ0) is 24.7. The Bertz CT molecular complexity index is 1030. The molecule has 0 aliphatic carbocycles. The highest BCUT2D eigenvalue weighted by Gasteiger charge is 2.24. The predicted molar refractivity (Wildman–Crippen MR) is 135 cm³/mol. The van der Waals surface area contributed by atoms with Crippen LogP contribution in [-0.2, 0) is 11.3 Å². The second kappa shape index (κ2) is 12.0. The van der Waals surface area contributed by atoms with Crippen LogP contribution < -0.4 is 11.1 Å². The molecule has 9 heteroatoms. The summed E-state index contributed by atoms with van der Waals surface area (Å²) < 4.78 is 0. The predicted octanol–water partition coefficient (Wildman–Crippen LogP) is 4.68. The number of likely N-dealkylation sites (tertiary alicyclic amines) is 1. The molecule has 1 fully saturated rings. The lowest BCUT2D eigenvalue weighted by Gasteiger charge is -2.31. The zero-order valence-electron chi connectivity index (χ0n) is 19.7. The van der Waals surface area contributed by atoms with Crippen LogP contribution in [-0.4, -0.2) is 40.5 Å². The highest BCUT2D eigenvalue weighted by atomic mass is 32.2. The van der Waals surface area contributed by atoms with Crippen LogP contribution in [0, 0.1) is 22.0 Å². The number of nitrogens with one attached hydrogen (secondary N) is 1. The molecule has 34 heavy (non-hydrogen) atoms.